The van der Waals surface area contributed by atoms with Gasteiger partial charge in [-0.1, -0.05) is 35.3 Å². The zero-order valence-electron chi connectivity index (χ0n) is 15.7. The minimum absolute atomic E-state index is 0.0964. The Labute approximate surface area is 183 Å². The number of halogens is 2. The Kier molecular flexibility index (Phi) is 5.67. The fraction of sp³-hybridized carbons (Fsp3) is 0.250. The van der Waals surface area contributed by atoms with E-state index in [1.807, 2.05) is 4.90 Å². The highest BCUT2D eigenvalue weighted by Gasteiger charge is 2.29. The molecule has 2 aromatic carbocycles. The van der Waals surface area contributed by atoms with Crippen LogP contribution in [0.5, 0.6) is 0 Å². The third kappa shape index (κ3) is 3.76. The molecule has 30 heavy (non-hydrogen) atoms. The van der Waals surface area contributed by atoms with Gasteiger partial charge in [0, 0.05) is 37.6 Å². The second-order valence-electron chi connectivity index (χ2n) is 6.90. The molecule has 1 saturated heterocycles. The highest BCUT2D eigenvalue weighted by molar-refractivity contribution is 7.89. The number of carboxylic acids is 1. The van der Waals surface area contributed by atoms with Gasteiger partial charge in [0.2, 0.25) is 15.8 Å². The van der Waals surface area contributed by atoms with E-state index < -0.39 is 16.0 Å². The third-order valence-corrected chi connectivity index (χ3v) is 7.87. The van der Waals surface area contributed by atoms with Gasteiger partial charge in [-0.25, -0.2) is 13.2 Å². The number of benzene rings is 2. The maximum Gasteiger partial charge on any atom is 0.371 e. The molecule has 0 saturated carbocycles. The summed E-state index contributed by atoms with van der Waals surface area (Å²) in [6, 6.07) is 11.2. The molecular formula is C20H18Cl2N2O5S. The Balaban J connectivity index is 1.60. The van der Waals surface area contributed by atoms with Gasteiger partial charge in [0.05, 0.1) is 15.7 Å². The van der Waals surface area contributed by atoms with Crippen molar-refractivity contribution in [2.45, 2.75) is 11.3 Å². The first-order chi connectivity index (χ1) is 14.3. The smallest absolute Gasteiger partial charge is 0.371 e. The third-order valence-electron chi connectivity index (χ3n) is 5.08. The SMILES string of the molecule is O=C(O)c1cc2c(Cl)c(N3CCCN(S(=O)(=O)c4ccccc4Cl)CC3)ccc2o1. The summed E-state index contributed by atoms with van der Waals surface area (Å²) in [5.41, 5.74) is 1.10. The van der Waals surface area contributed by atoms with Crippen molar-refractivity contribution in [2.75, 3.05) is 31.1 Å². The molecule has 158 valence electrons. The highest BCUT2D eigenvalue weighted by atomic mass is 35.5. The van der Waals surface area contributed by atoms with Crippen LogP contribution in [0.1, 0.15) is 17.0 Å². The molecule has 1 aliphatic rings. The number of nitrogens with zero attached hydrogens (tertiary/aromatic N) is 2. The van der Waals surface area contributed by atoms with E-state index in [4.69, 9.17) is 32.7 Å². The molecule has 3 aromatic rings. The molecule has 0 unspecified atom stereocenters. The fourth-order valence-corrected chi connectivity index (χ4v) is 5.88. The Morgan fingerprint density at radius 3 is 2.53 bits per heavy atom. The van der Waals surface area contributed by atoms with Gasteiger partial charge in [0.25, 0.3) is 0 Å². The van der Waals surface area contributed by atoms with E-state index in [-0.39, 0.29) is 22.2 Å². The summed E-state index contributed by atoms with van der Waals surface area (Å²) >= 11 is 12.7. The van der Waals surface area contributed by atoms with Crippen molar-refractivity contribution < 1.29 is 22.7 Å². The van der Waals surface area contributed by atoms with Gasteiger partial charge in [-0.3, -0.25) is 0 Å². The molecule has 1 N–H and O–H groups in total. The molecule has 1 fully saturated rings. The summed E-state index contributed by atoms with van der Waals surface area (Å²) in [4.78, 5) is 13.3. The lowest BCUT2D eigenvalue weighted by Crippen LogP contribution is -2.35. The first-order valence-corrected chi connectivity index (χ1v) is 11.4. The van der Waals surface area contributed by atoms with Crippen LogP contribution in [0.2, 0.25) is 10.0 Å². The molecule has 4 rings (SSSR count). The maximum absolute atomic E-state index is 13.0. The summed E-state index contributed by atoms with van der Waals surface area (Å²) in [6.07, 6.45) is 0.601. The Bertz CT molecular complexity index is 1230. The first kappa shape index (κ1) is 21.0. The lowest BCUT2D eigenvalue weighted by atomic mass is 10.2. The lowest BCUT2D eigenvalue weighted by molar-refractivity contribution is 0.0665. The van der Waals surface area contributed by atoms with E-state index >= 15 is 0 Å². The topological polar surface area (TPSA) is 91.1 Å². The number of furan rings is 1. The number of fused-ring (bicyclic) bond motifs is 1. The second kappa shape index (κ2) is 8.11. The number of anilines is 1. The van der Waals surface area contributed by atoms with E-state index in [1.54, 1.807) is 30.3 Å². The van der Waals surface area contributed by atoms with Gasteiger partial charge in [0.1, 0.15) is 10.5 Å². The second-order valence-corrected chi connectivity index (χ2v) is 9.59. The average Bonchev–Trinajstić information content (AvgIpc) is 3.00. The van der Waals surface area contributed by atoms with Crippen LogP contribution in [0.25, 0.3) is 11.0 Å². The monoisotopic (exact) mass is 468 g/mol. The van der Waals surface area contributed by atoms with Crippen molar-refractivity contribution in [3.8, 4) is 0 Å². The highest BCUT2D eigenvalue weighted by Crippen LogP contribution is 2.36. The lowest BCUT2D eigenvalue weighted by Gasteiger charge is -2.24. The molecule has 10 heteroatoms. The molecule has 0 aliphatic carbocycles. The molecule has 7 nitrogen and oxygen atoms in total. The van der Waals surface area contributed by atoms with Crippen molar-refractivity contribution in [1.82, 2.24) is 4.31 Å². The summed E-state index contributed by atoms with van der Waals surface area (Å²) < 4.78 is 32.8. The summed E-state index contributed by atoms with van der Waals surface area (Å²) in [5.74, 6) is -1.35. The molecule has 0 amide bonds. The Morgan fingerprint density at radius 1 is 1.03 bits per heavy atom. The minimum Gasteiger partial charge on any atom is -0.475 e. The number of carbonyl (C=O) groups is 1. The Hall–Kier alpha value is -2.26. The molecular weight excluding hydrogens is 451 g/mol. The first-order valence-electron chi connectivity index (χ1n) is 9.24. The maximum atomic E-state index is 13.0. The zero-order valence-corrected chi connectivity index (χ0v) is 18.0. The van der Waals surface area contributed by atoms with Crippen molar-refractivity contribution in [1.29, 1.82) is 0 Å². The summed E-state index contributed by atoms with van der Waals surface area (Å²) in [5, 5.41) is 10.2. The quantitative estimate of drug-likeness (QED) is 0.612. The number of carboxylic acid groups (broad SMARTS) is 1. The van der Waals surface area contributed by atoms with Crippen molar-refractivity contribution in [3.63, 3.8) is 0 Å². The number of aromatic carboxylic acids is 1. The molecule has 0 radical (unpaired) electrons. The van der Waals surface area contributed by atoms with Crippen LogP contribution in [-0.4, -0.2) is 50.0 Å². The van der Waals surface area contributed by atoms with Gasteiger partial charge >= 0.3 is 5.97 Å². The van der Waals surface area contributed by atoms with Gasteiger partial charge in [-0.2, -0.15) is 4.31 Å². The molecule has 1 aliphatic heterocycles. The Morgan fingerprint density at radius 2 is 1.80 bits per heavy atom. The van der Waals surface area contributed by atoms with E-state index in [2.05, 4.69) is 0 Å². The predicted octanol–water partition coefficient (Wildman–Crippen LogP) is 4.34. The normalized spacial score (nSPS) is 16.0. The minimum atomic E-state index is -3.71. The van der Waals surface area contributed by atoms with E-state index in [0.717, 1.165) is 0 Å². The van der Waals surface area contributed by atoms with E-state index in [1.165, 1.54) is 16.4 Å². The molecule has 1 aromatic heterocycles. The van der Waals surface area contributed by atoms with Crippen molar-refractivity contribution in [3.05, 3.63) is 58.3 Å². The van der Waals surface area contributed by atoms with Gasteiger partial charge in [0.15, 0.2) is 0 Å². The van der Waals surface area contributed by atoms with E-state index in [0.29, 0.717) is 47.7 Å². The van der Waals surface area contributed by atoms with Crippen LogP contribution in [0.15, 0.2) is 51.8 Å². The average molecular weight is 469 g/mol. The molecule has 0 bridgehead atoms. The summed E-state index contributed by atoms with van der Waals surface area (Å²) in [6.45, 7) is 1.66. The van der Waals surface area contributed by atoms with Crippen LogP contribution >= 0.6 is 23.2 Å². The van der Waals surface area contributed by atoms with E-state index in [9.17, 15) is 13.2 Å². The van der Waals surface area contributed by atoms with Crippen LogP contribution in [0, 0.1) is 0 Å². The summed E-state index contributed by atoms with van der Waals surface area (Å²) in [7, 11) is -3.71. The molecule has 2 heterocycles. The number of sulfonamides is 1. The van der Waals surface area contributed by atoms with Gasteiger partial charge < -0.3 is 14.4 Å². The van der Waals surface area contributed by atoms with Crippen LogP contribution in [0.4, 0.5) is 5.69 Å². The largest absolute Gasteiger partial charge is 0.475 e. The van der Waals surface area contributed by atoms with Crippen LogP contribution in [0.3, 0.4) is 0 Å². The predicted molar refractivity (Wildman–Crippen MR) is 115 cm³/mol. The van der Waals surface area contributed by atoms with Crippen LogP contribution < -0.4 is 4.90 Å². The zero-order chi connectivity index (χ0) is 21.5. The van der Waals surface area contributed by atoms with Crippen LogP contribution in [-0.2, 0) is 10.0 Å². The van der Waals surface area contributed by atoms with Crippen molar-refractivity contribution >= 4 is 55.9 Å². The van der Waals surface area contributed by atoms with Gasteiger partial charge in [-0.05, 0) is 30.7 Å². The number of hydrogen-bond acceptors (Lipinski definition) is 5. The molecule has 0 atom stereocenters. The fourth-order valence-electron chi connectivity index (χ4n) is 3.58. The molecule has 0 spiro atoms. The van der Waals surface area contributed by atoms with Gasteiger partial charge in [-0.15, -0.1) is 0 Å². The standard InChI is InChI=1S/C20H18Cl2N2O5S/c21-14-4-1-2-5-18(14)30(27,28)24-9-3-8-23(10-11-24)15-6-7-16-13(19(15)22)12-17(29-16)20(25)26/h1-2,4-7,12H,3,8-11H2,(H,25,26). The number of rotatable bonds is 4. The van der Waals surface area contributed by atoms with Crippen molar-refractivity contribution in [2.24, 2.45) is 0 Å². The number of hydrogen-bond donors (Lipinski definition) is 1.